The first-order chi connectivity index (χ1) is 16.5. The van der Waals surface area contributed by atoms with Gasteiger partial charge in [-0.3, -0.25) is 10.1 Å². The summed E-state index contributed by atoms with van der Waals surface area (Å²) >= 11 is 0. The van der Waals surface area contributed by atoms with Crippen molar-refractivity contribution in [3.8, 4) is 11.1 Å². The van der Waals surface area contributed by atoms with Crippen LogP contribution in [0.3, 0.4) is 0 Å². The van der Waals surface area contributed by atoms with E-state index in [-0.39, 0.29) is 22.7 Å². The first kappa shape index (κ1) is 24.4. The van der Waals surface area contributed by atoms with Gasteiger partial charge in [0.2, 0.25) is 0 Å². The standard InChI is InChI=1S/C25H32N6O4/c1-15-11-21(28-18-6-8-19(9-7-18)29-24(32)35-25(3,4)5)22(31(33)34)12-20(15)17-10-16(2)23-26-14-27-30(23)13-17/h10-14,18-19,28H,6-9H2,1-5H3,(H,29,32). The minimum atomic E-state index is -0.536. The Morgan fingerprint density at radius 3 is 2.46 bits per heavy atom. The van der Waals surface area contributed by atoms with E-state index in [9.17, 15) is 14.9 Å². The van der Waals surface area contributed by atoms with Crippen molar-refractivity contribution in [2.45, 2.75) is 78.0 Å². The van der Waals surface area contributed by atoms with Crippen LogP contribution in [0.25, 0.3) is 16.8 Å². The fraction of sp³-hybridized carbons (Fsp3) is 0.480. The van der Waals surface area contributed by atoms with E-state index in [1.165, 1.54) is 6.33 Å². The maximum atomic E-state index is 12.1. The number of pyridine rings is 1. The Kier molecular flexibility index (Phi) is 6.64. The zero-order valence-electron chi connectivity index (χ0n) is 20.8. The van der Waals surface area contributed by atoms with E-state index < -0.39 is 11.7 Å². The summed E-state index contributed by atoms with van der Waals surface area (Å²) in [7, 11) is 0. The molecular weight excluding hydrogens is 448 g/mol. The van der Waals surface area contributed by atoms with E-state index in [0.29, 0.717) is 5.69 Å². The summed E-state index contributed by atoms with van der Waals surface area (Å²) in [5.41, 5.74) is 4.28. The number of rotatable bonds is 5. The zero-order chi connectivity index (χ0) is 25.3. The lowest BCUT2D eigenvalue weighted by Crippen LogP contribution is -2.42. The lowest BCUT2D eigenvalue weighted by atomic mass is 9.90. The number of ether oxygens (including phenoxy) is 1. The Hall–Kier alpha value is -3.69. The van der Waals surface area contributed by atoms with Crippen molar-refractivity contribution < 1.29 is 14.5 Å². The van der Waals surface area contributed by atoms with Gasteiger partial charge in [-0.2, -0.15) is 5.10 Å². The molecule has 0 saturated heterocycles. The fourth-order valence-electron chi connectivity index (χ4n) is 4.59. The SMILES string of the molecule is Cc1cc(NC2CCC(NC(=O)OC(C)(C)C)CC2)c([N+](=O)[O-])cc1-c1cc(C)c2ncnn2c1. The van der Waals surface area contributed by atoms with Gasteiger partial charge in [0.1, 0.15) is 17.6 Å². The Balaban J connectivity index is 1.48. The Bertz CT molecular complexity index is 1250. The van der Waals surface area contributed by atoms with Crippen LogP contribution in [0.5, 0.6) is 0 Å². The number of nitrogens with one attached hydrogen (secondary N) is 2. The minimum Gasteiger partial charge on any atom is -0.444 e. The maximum absolute atomic E-state index is 12.1. The number of aryl methyl sites for hydroxylation is 2. The molecule has 1 aliphatic carbocycles. The molecule has 186 valence electrons. The molecule has 1 aliphatic rings. The average molecular weight is 481 g/mol. The van der Waals surface area contributed by atoms with Gasteiger partial charge in [0, 0.05) is 29.9 Å². The third kappa shape index (κ3) is 5.70. The van der Waals surface area contributed by atoms with Crippen LogP contribution in [-0.4, -0.2) is 43.3 Å². The molecule has 0 bridgehead atoms. The number of hydrogen-bond donors (Lipinski definition) is 2. The number of amides is 1. The molecule has 10 heteroatoms. The van der Waals surface area contributed by atoms with Crippen molar-refractivity contribution in [3.05, 3.63) is 52.0 Å². The second-order valence-corrected chi connectivity index (χ2v) is 10.2. The van der Waals surface area contributed by atoms with E-state index in [2.05, 4.69) is 20.7 Å². The number of alkyl carbamates (subject to hydrolysis) is 1. The quantitative estimate of drug-likeness (QED) is 0.381. The van der Waals surface area contributed by atoms with E-state index in [4.69, 9.17) is 4.74 Å². The van der Waals surface area contributed by atoms with Crippen molar-refractivity contribution in [1.29, 1.82) is 0 Å². The van der Waals surface area contributed by atoms with Crippen molar-refractivity contribution in [1.82, 2.24) is 19.9 Å². The molecule has 0 unspecified atom stereocenters. The Morgan fingerprint density at radius 1 is 1.11 bits per heavy atom. The van der Waals surface area contributed by atoms with Crippen LogP contribution in [0.4, 0.5) is 16.2 Å². The molecule has 2 N–H and O–H groups in total. The number of fused-ring (bicyclic) bond motifs is 1. The van der Waals surface area contributed by atoms with Gasteiger partial charge in [-0.1, -0.05) is 0 Å². The van der Waals surface area contributed by atoms with Crippen LogP contribution in [0.15, 0.2) is 30.7 Å². The predicted octanol–water partition coefficient (Wildman–Crippen LogP) is 5.17. The van der Waals surface area contributed by atoms with Gasteiger partial charge in [0.25, 0.3) is 5.69 Å². The molecule has 2 heterocycles. The van der Waals surface area contributed by atoms with Crippen LogP contribution in [0, 0.1) is 24.0 Å². The van der Waals surface area contributed by atoms with Gasteiger partial charge in [-0.05, 0) is 89.1 Å². The van der Waals surface area contributed by atoms with Crippen LogP contribution >= 0.6 is 0 Å². The zero-order valence-corrected chi connectivity index (χ0v) is 20.8. The van der Waals surface area contributed by atoms with Gasteiger partial charge in [-0.25, -0.2) is 14.3 Å². The Labute approximate surface area is 204 Å². The molecule has 0 spiro atoms. The van der Waals surface area contributed by atoms with Gasteiger partial charge in [0.15, 0.2) is 5.65 Å². The van der Waals surface area contributed by atoms with E-state index in [0.717, 1.165) is 53.6 Å². The molecule has 35 heavy (non-hydrogen) atoms. The maximum Gasteiger partial charge on any atom is 0.407 e. The van der Waals surface area contributed by atoms with Crippen LogP contribution in [0.1, 0.15) is 57.6 Å². The molecule has 0 atom stereocenters. The van der Waals surface area contributed by atoms with Gasteiger partial charge < -0.3 is 15.4 Å². The summed E-state index contributed by atoms with van der Waals surface area (Å²) in [4.78, 5) is 27.9. The van der Waals surface area contributed by atoms with Crippen molar-refractivity contribution in [3.63, 3.8) is 0 Å². The topological polar surface area (TPSA) is 124 Å². The second-order valence-electron chi connectivity index (χ2n) is 10.2. The molecule has 1 fully saturated rings. The summed E-state index contributed by atoms with van der Waals surface area (Å²) < 4.78 is 7.03. The van der Waals surface area contributed by atoms with Crippen molar-refractivity contribution >= 4 is 23.1 Å². The monoisotopic (exact) mass is 480 g/mol. The van der Waals surface area contributed by atoms with Crippen LogP contribution < -0.4 is 10.6 Å². The number of benzene rings is 1. The van der Waals surface area contributed by atoms with E-state index in [1.54, 1.807) is 10.6 Å². The molecular formula is C25H32N6O4. The van der Waals surface area contributed by atoms with Crippen LogP contribution in [-0.2, 0) is 4.74 Å². The van der Waals surface area contributed by atoms with Gasteiger partial charge >= 0.3 is 6.09 Å². The number of nitrogens with zero attached hydrogens (tertiary/aromatic N) is 4. The Morgan fingerprint density at radius 2 is 1.80 bits per heavy atom. The van der Waals surface area contributed by atoms with Gasteiger partial charge in [0.05, 0.1) is 4.92 Å². The van der Waals surface area contributed by atoms with Gasteiger partial charge in [-0.15, -0.1) is 0 Å². The highest BCUT2D eigenvalue weighted by atomic mass is 16.6. The number of carbonyl (C=O) groups excluding carboxylic acids is 1. The number of nitro benzene ring substituents is 1. The average Bonchev–Trinajstić information content (AvgIpc) is 3.23. The summed E-state index contributed by atoms with van der Waals surface area (Å²) in [5, 5.41) is 22.5. The number of nitro groups is 1. The lowest BCUT2D eigenvalue weighted by Gasteiger charge is -2.31. The number of aromatic nitrogens is 3. The number of anilines is 1. The second kappa shape index (κ2) is 9.52. The predicted molar refractivity (Wildman–Crippen MR) is 134 cm³/mol. The summed E-state index contributed by atoms with van der Waals surface area (Å²) in [6, 6.07) is 5.58. The third-order valence-corrected chi connectivity index (χ3v) is 6.22. The first-order valence-electron chi connectivity index (χ1n) is 11.9. The summed E-state index contributed by atoms with van der Waals surface area (Å²) in [5.74, 6) is 0. The molecule has 3 aromatic rings. The summed E-state index contributed by atoms with van der Waals surface area (Å²) in [6.07, 6.45) is 6.06. The molecule has 0 radical (unpaired) electrons. The molecule has 2 aromatic heterocycles. The number of carbonyl (C=O) groups is 1. The van der Waals surface area contributed by atoms with Crippen molar-refractivity contribution in [2.75, 3.05) is 5.32 Å². The molecule has 0 aliphatic heterocycles. The fourth-order valence-corrected chi connectivity index (χ4v) is 4.59. The highest BCUT2D eigenvalue weighted by molar-refractivity contribution is 5.77. The smallest absolute Gasteiger partial charge is 0.407 e. The lowest BCUT2D eigenvalue weighted by molar-refractivity contribution is -0.383. The van der Waals surface area contributed by atoms with Crippen LogP contribution in [0.2, 0.25) is 0 Å². The highest BCUT2D eigenvalue weighted by Gasteiger charge is 2.27. The highest BCUT2D eigenvalue weighted by Crippen LogP contribution is 2.36. The third-order valence-electron chi connectivity index (χ3n) is 6.22. The molecule has 10 nitrogen and oxygen atoms in total. The summed E-state index contributed by atoms with van der Waals surface area (Å²) in [6.45, 7) is 9.40. The first-order valence-corrected chi connectivity index (χ1v) is 11.9. The molecule has 4 rings (SSSR count). The van der Waals surface area contributed by atoms with Crippen molar-refractivity contribution in [2.24, 2.45) is 0 Å². The normalized spacial score (nSPS) is 18.3. The number of hydrogen-bond acceptors (Lipinski definition) is 7. The molecule has 1 saturated carbocycles. The van der Waals surface area contributed by atoms with E-state index >= 15 is 0 Å². The largest absolute Gasteiger partial charge is 0.444 e. The minimum absolute atomic E-state index is 0.0379. The molecule has 1 amide bonds. The molecule has 1 aromatic carbocycles. The van der Waals surface area contributed by atoms with E-state index in [1.807, 2.05) is 52.9 Å².